The van der Waals surface area contributed by atoms with E-state index < -0.39 is 22.8 Å². The quantitative estimate of drug-likeness (QED) is 0.293. The smallest absolute Gasteiger partial charge is 0.319 e. The molecule has 0 fully saturated rings. The lowest BCUT2D eigenvalue weighted by molar-refractivity contribution is -0.384. The van der Waals surface area contributed by atoms with Gasteiger partial charge >= 0.3 is 11.9 Å². The van der Waals surface area contributed by atoms with E-state index >= 15 is 0 Å². The molecule has 0 N–H and O–H groups in total. The summed E-state index contributed by atoms with van der Waals surface area (Å²) in [7, 11) is 0. The van der Waals surface area contributed by atoms with Crippen molar-refractivity contribution < 1.29 is 24.2 Å². The average molecular weight is 411 g/mol. The summed E-state index contributed by atoms with van der Waals surface area (Å²) < 4.78 is 0. The normalized spacial score (nSPS) is 12.8. The van der Waals surface area contributed by atoms with Crippen LogP contribution in [0.3, 0.4) is 0 Å². The van der Waals surface area contributed by atoms with E-state index in [4.69, 9.17) is 4.84 Å². The molecule has 2 rings (SSSR count). The number of nitro groups is 1. The summed E-state index contributed by atoms with van der Waals surface area (Å²) in [5, 5.41) is 18.5. The first-order chi connectivity index (χ1) is 14.2. The van der Waals surface area contributed by atoms with E-state index in [0.29, 0.717) is 17.0 Å². The predicted octanol–water partition coefficient (Wildman–Crippen LogP) is 4.10. The monoisotopic (exact) mass is 411 g/mol. The van der Waals surface area contributed by atoms with Crippen molar-refractivity contribution in [3.8, 4) is 11.1 Å². The summed E-state index contributed by atoms with van der Waals surface area (Å²) in [4.78, 5) is 42.1. The lowest BCUT2D eigenvalue weighted by Crippen LogP contribution is -2.21. The molecule has 0 aliphatic heterocycles. The Morgan fingerprint density at radius 2 is 1.33 bits per heavy atom. The number of nitrogens with zero attached hydrogens (tertiary/aromatic N) is 3. The zero-order chi connectivity index (χ0) is 22.3. The Morgan fingerprint density at radius 1 is 0.867 bits per heavy atom. The van der Waals surface area contributed by atoms with Crippen molar-refractivity contribution in [2.75, 3.05) is 0 Å². The Balaban J connectivity index is 2.33. The van der Waals surface area contributed by atoms with Crippen LogP contribution in [0.5, 0.6) is 0 Å². The molecule has 0 heterocycles. The fourth-order valence-electron chi connectivity index (χ4n) is 2.52. The molecule has 0 aliphatic rings. The molecule has 30 heavy (non-hydrogen) atoms. The fraction of sp³-hybridized carbons (Fsp3) is 0.238. The molecule has 9 nitrogen and oxygen atoms in total. The van der Waals surface area contributed by atoms with E-state index in [2.05, 4.69) is 15.1 Å². The van der Waals surface area contributed by atoms with Gasteiger partial charge in [-0.05, 0) is 30.2 Å². The van der Waals surface area contributed by atoms with E-state index in [1.807, 2.05) is 12.1 Å². The van der Waals surface area contributed by atoms with Gasteiger partial charge in [0, 0.05) is 37.5 Å². The molecule has 0 spiro atoms. The summed E-state index contributed by atoms with van der Waals surface area (Å²) in [6.07, 6.45) is 0. The van der Waals surface area contributed by atoms with E-state index in [9.17, 15) is 19.7 Å². The van der Waals surface area contributed by atoms with Crippen LogP contribution in [0.2, 0.25) is 0 Å². The van der Waals surface area contributed by atoms with Gasteiger partial charge in [0.1, 0.15) is 0 Å². The highest BCUT2D eigenvalue weighted by atomic mass is 16.7. The lowest BCUT2D eigenvalue weighted by atomic mass is 9.93. The molecule has 0 aromatic heterocycles. The number of carbonyl (C=O) groups is 2. The molecule has 2 aromatic rings. The number of non-ortho nitro benzene ring substituents is 1. The molecule has 9 heteroatoms. The average Bonchev–Trinajstić information content (AvgIpc) is 2.72. The van der Waals surface area contributed by atoms with Gasteiger partial charge in [-0.25, -0.2) is 9.59 Å². The molecule has 0 radical (unpaired) electrons. The second kappa shape index (κ2) is 10.1. The molecule has 156 valence electrons. The van der Waals surface area contributed by atoms with Gasteiger partial charge in [0.15, 0.2) is 0 Å². The van der Waals surface area contributed by atoms with Gasteiger partial charge in [0.25, 0.3) is 5.69 Å². The second-order valence-corrected chi connectivity index (χ2v) is 6.48. The largest absolute Gasteiger partial charge is 0.331 e. The molecule has 1 atom stereocenters. The first-order valence-corrected chi connectivity index (χ1v) is 9.02. The first-order valence-electron chi connectivity index (χ1n) is 9.02. The topological polar surface area (TPSA) is 120 Å². The lowest BCUT2D eigenvalue weighted by Gasteiger charge is -2.14. The van der Waals surface area contributed by atoms with Crippen LogP contribution in [0.25, 0.3) is 11.1 Å². The second-order valence-electron chi connectivity index (χ2n) is 6.48. The molecule has 0 amide bonds. The van der Waals surface area contributed by atoms with Crippen LogP contribution in [0.4, 0.5) is 5.69 Å². The summed E-state index contributed by atoms with van der Waals surface area (Å²) in [6, 6.07) is 13.4. The van der Waals surface area contributed by atoms with E-state index in [1.54, 1.807) is 38.1 Å². The number of nitro benzene ring substituents is 1. The number of rotatable bonds is 7. The maximum Gasteiger partial charge on any atom is 0.331 e. The highest BCUT2D eigenvalue weighted by Gasteiger charge is 2.19. The Bertz CT molecular complexity index is 994. The summed E-state index contributed by atoms with van der Waals surface area (Å²) >= 11 is 0. The Hall–Kier alpha value is -3.88. The SMILES string of the molecule is CC(=O)O/N=C(\c1ccc(-c2ccc([N+](=O)[O-])cc2)cc1)C(C)/C(C)=N/OC(C)=O. The van der Waals surface area contributed by atoms with Crippen LogP contribution in [0.15, 0.2) is 58.8 Å². The molecule has 0 saturated heterocycles. The zero-order valence-electron chi connectivity index (χ0n) is 17.0. The van der Waals surface area contributed by atoms with E-state index in [1.165, 1.54) is 26.0 Å². The van der Waals surface area contributed by atoms with Crippen LogP contribution >= 0.6 is 0 Å². The first kappa shape index (κ1) is 22.4. The molecule has 0 aliphatic carbocycles. The van der Waals surface area contributed by atoms with Gasteiger partial charge < -0.3 is 9.68 Å². The van der Waals surface area contributed by atoms with Crippen molar-refractivity contribution in [2.24, 2.45) is 16.2 Å². The molecule has 2 aromatic carbocycles. The highest BCUT2D eigenvalue weighted by Crippen LogP contribution is 2.24. The van der Waals surface area contributed by atoms with Gasteiger partial charge in [-0.3, -0.25) is 10.1 Å². The van der Waals surface area contributed by atoms with Crippen LogP contribution in [-0.2, 0) is 19.3 Å². The summed E-state index contributed by atoms with van der Waals surface area (Å²) in [5.41, 5.74) is 3.24. The van der Waals surface area contributed by atoms with Crippen LogP contribution < -0.4 is 0 Å². The standard InChI is InChI=1S/C21H21N3O6/c1-13(14(2)22-29-15(3)25)21(23-30-16(4)26)19-7-5-17(6-8-19)18-9-11-20(12-10-18)24(27)28/h5-13H,1-4H3/b22-14+,23-21-. The van der Waals surface area contributed by atoms with Crippen molar-refractivity contribution in [1.82, 2.24) is 0 Å². The van der Waals surface area contributed by atoms with Crippen molar-refractivity contribution in [1.29, 1.82) is 0 Å². The number of hydrogen-bond acceptors (Lipinski definition) is 8. The van der Waals surface area contributed by atoms with E-state index in [0.717, 1.165) is 11.1 Å². The molecule has 0 bridgehead atoms. The summed E-state index contributed by atoms with van der Waals surface area (Å²) in [5.74, 6) is -1.53. The van der Waals surface area contributed by atoms with Crippen molar-refractivity contribution in [3.05, 3.63) is 64.2 Å². The van der Waals surface area contributed by atoms with Crippen molar-refractivity contribution >= 4 is 29.0 Å². The van der Waals surface area contributed by atoms with E-state index in [-0.39, 0.29) is 5.69 Å². The van der Waals surface area contributed by atoms with Crippen LogP contribution in [0, 0.1) is 16.0 Å². The minimum atomic E-state index is -0.572. The molecular weight excluding hydrogens is 390 g/mol. The summed E-state index contributed by atoms with van der Waals surface area (Å²) in [6.45, 7) is 5.94. The van der Waals surface area contributed by atoms with Gasteiger partial charge in [0.05, 0.1) is 16.3 Å². The number of carbonyl (C=O) groups excluding carboxylic acids is 2. The number of oxime groups is 2. The van der Waals surface area contributed by atoms with Gasteiger partial charge in [0.2, 0.25) is 0 Å². The highest BCUT2D eigenvalue weighted by molar-refractivity contribution is 6.14. The van der Waals surface area contributed by atoms with Crippen molar-refractivity contribution in [2.45, 2.75) is 27.7 Å². The van der Waals surface area contributed by atoms with Gasteiger partial charge in [-0.1, -0.05) is 41.5 Å². The Labute approximate surface area is 173 Å². The molecular formula is C21H21N3O6. The third-order valence-corrected chi connectivity index (χ3v) is 4.22. The Kier molecular flexibility index (Phi) is 7.51. The van der Waals surface area contributed by atoms with Crippen molar-refractivity contribution in [3.63, 3.8) is 0 Å². The third-order valence-electron chi connectivity index (χ3n) is 4.22. The predicted molar refractivity (Wildman–Crippen MR) is 111 cm³/mol. The minimum Gasteiger partial charge on any atom is -0.319 e. The van der Waals surface area contributed by atoms with Gasteiger partial charge in [-0.15, -0.1) is 0 Å². The minimum absolute atomic E-state index is 0.0162. The molecule has 0 saturated carbocycles. The number of hydrogen-bond donors (Lipinski definition) is 0. The fourth-order valence-corrected chi connectivity index (χ4v) is 2.52. The third kappa shape index (κ3) is 6.06. The Morgan fingerprint density at radius 3 is 1.80 bits per heavy atom. The maximum atomic E-state index is 11.2. The number of benzene rings is 2. The maximum absolute atomic E-state index is 11.2. The van der Waals surface area contributed by atoms with Crippen LogP contribution in [0.1, 0.15) is 33.3 Å². The molecule has 1 unspecified atom stereocenters. The van der Waals surface area contributed by atoms with Crippen LogP contribution in [-0.4, -0.2) is 28.3 Å². The zero-order valence-corrected chi connectivity index (χ0v) is 17.0. The van der Waals surface area contributed by atoms with Gasteiger partial charge in [-0.2, -0.15) is 0 Å².